The molecule has 1 aliphatic carbocycles. The standard InChI is InChI=1S/C27H24FNO3S/c1-16-12-20(30)7-11-26(16)29-27(31)15-24-17(2)23(22-10-6-19(28)14-25(22)24)13-18-4-8-21(9-5-18)33(3)32/h4-14,30H,15H2,1-3H3,(H,29,31)/b23-13+/t33-/m0/s1. The van der Waals surface area contributed by atoms with Crippen molar-refractivity contribution >= 4 is 39.6 Å². The fraction of sp³-hybridized carbons (Fsp3) is 0.148. The molecule has 0 fully saturated rings. The van der Waals surface area contributed by atoms with Gasteiger partial charge in [-0.2, -0.15) is 0 Å². The maximum Gasteiger partial charge on any atom is 0.228 e. The van der Waals surface area contributed by atoms with Crippen LogP contribution in [0.5, 0.6) is 5.75 Å². The number of anilines is 1. The number of hydrogen-bond donors (Lipinski definition) is 2. The molecule has 3 aromatic rings. The fourth-order valence-electron chi connectivity index (χ4n) is 4.05. The lowest BCUT2D eigenvalue weighted by Crippen LogP contribution is -2.13. The van der Waals surface area contributed by atoms with Crippen LogP contribution in [-0.4, -0.2) is 21.5 Å². The van der Waals surface area contributed by atoms with Gasteiger partial charge in [-0.25, -0.2) is 4.39 Å². The molecule has 4 nitrogen and oxygen atoms in total. The molecule has 0 bridgehead atoms. The second-order valence-corrected chi connectivity index (χ2v) is 9.48. The van der Waals surface area contributed by atoms with Crippen LogP contribution in [0.25, 0.3) is 17.2 Å². The number of amides is 1. The average Bonchev–Trinajstić information content (AvgIpc) is 3.01. The highest BCUT2D eigenvalue weighted by atomic mass is 32.2. The molecule has 2 N–H and O–H groups in total. The Kier molecular flexibility index (Phi) is 6.29. The highest BCUT2D eigenvalue weighted by Crippen LogP contribution is 2.44. The van der Waals surface area contributed by atoms with E-state index in [0.717, 1.165) is 38.3 Å². The summed E-state index contributed by atoms with van der Waals surface area (Å²) in [4.78, 5) is 13.6. The van der Waals surface area contributed by atoms with Crippen LogP contribution < -0.4 is 5.32 Å². The normalized spacial score (nSPS) is 15.0. The minimum absolute atomic E-state index is 0.0910. The molecule has 0 saturated carbocycles. The van der Waals surface area contributed by atoms with Gasteiger partial charge in [0, 0.05) is 27.6 Å². The Bertz CT molecular complexity index is 1340. The van der Waals surface area contributed by atoms with Gasteiger partial charge in [0.15, 0.2) is 0 Å². The second kappa shape index (κ2) is 9.16. The molecule has 0 spiro atoms. The maximum absolute atomic E-state index is 14.1. The first-order chi connectivity index (χ1) is 15.7. The van der Waals surface area contributed by atoms with Gasteiger partial charge in [0.25, 0.3) is 0 Å². The van der Waals surface area contributed by atoms with Crippen molar-refractivity contribution in [1.29, 1.82) is 0 Å². The molecule has 3 aromatic carbocycles. The van der Waals surface area contributed by atoms with Crippen molar-refractivity contribution in [3.8, 4) is 5.75 Å². The number of phenolic OH excluding ortho intramolecular Hbond substituents is 1. The number of rotatable bonds is 5. The molecule has 1 atom stereocenters. The van der Waals surface area contributed by atoms with E-state index in [1.807, 2.05) is 37.3 Å². The third kappa shape index (κ3) is 4.81. The van der Waals surface area contributed by atoms with Crippen LogP contribution in [0.15, 0.2) is 71.1 Å². The van der Waals surface area contributed by atoms with Gasteiger partial charge < -0.3 is 10.4 Å². The van der Waals surface area contributed by atoms with E-state index in [9.17, 15) is 18.5 Å². The zero-order valence-electron chi connectivity index (χ0n) is 18.6. The Hall–Kier alpha value is -3.51. The number of aromatic hydroxyl groups is 1. The van der Waals surface area contributed by atoms with Crippen LogP contribution in [0.3, 0.4) is 0 Å². The third-order valence-corrected chi connectivity index (χ3v) is 6.73. The van der Waals surface area contributed by atoms with Crippen LogP contribution in [0, 0.1) is 12.7 Å². The van der Waals surface area contributed by atoms with Gasteiger partial charge in [-0.3, -0.25) is 9.00 Å². The number of phenols is 1. The SMILES string of the molecule is CC1=C(CC(=O)Nc2ccc(O)cc2C)c2cc(F)ccc2/C1=C/c1ccc([S@](C)=O)cc1. The van der Waals surface area contributed by atoms with E-state index in [-0.39, 0.29) is 23.9 Å². The van der Waals surface area contributed by atoms with Crippen molar-refractivity contribution in [2.24, 2.45) is 0 Å². The average molecular weight is 462 g/mol. The number of benzene rings is 3. The van der Waals surface area contributed by atoms with E-state index in [2.05, 4.69) is 5.32 Å². The summed E-state index contributed by atoms with van der Waals surface area (Å²) in [6, 6.07) is 16.9. The molecular weight excluding hydrogens is 437 g/mol. The molecule has 1 amide bonds. The monoisotopic (exact) mass is 461 g/mol. The molecule has 1 aliphatic rings. The molecule has 0 saturated heterocycles. The van der Waals surface area contributed by atoms with Crippen LogP contribution >= 0.6 is 0 Å². The van der Waals surface area contributed by atoms with E-state index in [1.165, 1.54) is 18.2 Å². The molecule has 4 rings (SSSR count). The number of carbonyl (C=O) groups is 1. The van der Waals surface area contributed by atoms with Crippen LogP contribution in [-0.2, 0) is 15.6 Å². The first-order valence-electron chi connectivity index (χ1n) is 10.5. The highest BCUT2D eigenvalue weighted by Gasteiger charge is 2.26. The molecule has 0 unspecified atom stereocenters. The van der Waals surface area contributed by atoms with Crippen molar-refractivity contribution in [3.05, 3.63) is 94.3 Å². The Morgan fingerprint density at radius 2 is 1.76 bits per heavy atom. The van der Waals surface area contributed by atoms with E-state index in [1.54, 1.807) is 31.4 Å². The van der Waals surface area contributed by atoms with Crippen molar-refractivity contribution in [1.82, 2.24) is 0 Å². The van der Waals surface area contributed by atoms with Gasteiger partial charge in [0.1, 0.15) is 11.6 Å². The van der Waals surface area contributed by atoms with Gasteiger partial charge >= 0.3 is 0 Å². The minimum Gasteiger partial charge on any atom is -0.508 e. The van der Waals surface area contributed by atoms with Gasteiger partial charge in [-0.15, -0.1) is 0 Å². The number of carbonyl (C=O) groups excluding carboxylic acids is 1. The lowest BCUT2D eigenvalue weighted by Gasteiger charge is -2.10. The number of allylic oxidation sites excluding steroid dienone is 2. The Balaban J connectivity index is 1.68. The number of halogens is 1. The molecule has 33 heavy (non-hydrogen) atoms. The molecule has 168 valence electrons. The summed E-state index contributed by atoms with van der Waals surface area (Å²) in [6.45, 7) is 3.74. The van der Waals surface area contributed by atoms with Crippen molar-refractivity contribution < 1.29 is 18.5 Å². The van der Waals surface area contributed by atoms with Crippen molar-refractivity contribution in [3.63, 3.8) is 0 Å². The number of fused-ring (bicyclic) bond motifs is 1. The third-order valence-electron chi connectivity index (χ3n) is 5.80. The van der Waals surface area contributed by atoms with Gasteiger partial charge in [-0.05, 0) is 101 Å². The lowest BCUT2D eigenvalue weighted by molar-refractivity contribution is -0.115. The quantitative estimate of drug-likeness (QED) is 0.463. The predicted molar refractivity (Wildman–Crippen MR) is 132 cm³/mol. The number of aryl methyl sites for hydroxylation is 1. The number of hydrogen-bond acceptors (Lipinski definition) is 3. The summed E-state index contributed by atoms with van der Waals surface area (Å²) in [5.74, 6) is -0.438. The molecule has 0 aromatic heterocycles. The highest BCUT2D eigenvalue weighted by molar-refractivity contribution is 7.84. The molecule has 0 heterocycles. The second-order valence-electron chi connectivity index (χ2n) is 8.10. The summed E-state index contributed by atoms with van der Waals surface area (Å²) in [6.07, 6.45) is 3.73. The summed E-state index contributed by atoms with van der Waals surface area (Å²) in [5.41, 5.74) is 6.51. The van der Waals surface area contributed by atoms with Crippen LogP contribution in [0.1, 0.15) is 35.6 Å². The smallest absolute Gasteiger partial charge is 0.228 e. The fourth-order valence-corrected chi connectivity index (χ4v) is 4.57. The molecule has 0 radical (unpaired) electrons. The lowest BCUT2D eigenvalue weighted by atomic mass is 10.0. The van der Waals surface area contributed by atoms with E-state index in [4.69, 9.17) is 0 Å². The summed E-state index contributed by atoms with van der Waals surface area (Å²) >= 11 is 0. The van der Waals surface area contributed by atoms with Crippen molar-refractivity contribution in [2.75, 3.05) is 11.6 Å². The van der Waals surface area contributed by atoms with E-state index < -0.39 is 10.8 Å². The summed E-state index contributed by atoms with van der Waals surface area (Å²) in [7, 11) is -1.05. The first-order valence-corrected chi connectivity index (χ1v) is 12.0. The zero-order chi connectivity index (χ0) is 23.7. The first kappa shape index (κ1) is 22.7. The minimum atomic E-state index is -1.05. The largest absolute Gasteiger partial charge is 0.508 e. The van der Waals surface area contributed by atoms with Crippen LogP contribution in [0.4, 0.5) is 10.1 Å². The van der Waals surface area contributed by atoms with Gasteiger partial charge in [0.05, 0.1) is 6.42 Å². The Labute approximate surface area is 194 Å². The van der Waals surface area contributed by atoms with E-state index >= 15 is 0 Å². The topological polar surface area (TPSA) is 66.4 Å². The molecule has 6 heteroatoms. The predicted octanol–water partition coefficient (Wildman–Crippen LogP) is 5.93. The molecular formula is C27H24FNO3S. The Morgan fingerprint density at radius 1 is 1.03 bits per heavy atom. The summed E-state index contributed by atoms with van der Waals surface area (Å²) in [5, 5.41) is 12.5. The Morgan fingerprint density at radius 3 is 2.42 bits per heavy atom. The summed E-state index contributed by atoms with van der Waals surface area (Å²) < 4.78 is 25.8. The van der Waals surface area contributed by atoms with Gasteiger partial charge in [-0.1, -0.05) is 18.2 Å². The van der Waals surface area contributed by atoms with Gasteiger partial charge in [0.2, 0.25) is 5.91 Å². The maximum atomic E-state index is 14.1. The van der Waals surface area contributed by atoms with Crippen LogP contribution in [0.2, 0.25) is 0 Å². The zero-order valence-corrected chi connectivity index (χ0v) is 19.4. The van der Waals surface area contributed by atoms with Crippen molar-refractivity contribution in [2.45, 2.75) is 25.2 Å². The molecule has 0 aliphatic heterocycles. The van der Waals surface area contributed by atoms with E-state index in [0.29, 0.717) is 11.3 Å². The number of nitrogens with one attached hydrogen (secondary N) is 1.